The number of hydrogen-bond acceptors (Lipinski definition) is 6. The summed E-state index contributed by atoms with van der Waals surface area (Å²) in [6, 6.07) is 11.5. The van der Waals surface area contributed by atoms with Gasteiger partial charge in [0.2, 0.25) is 4.96 Å². The molecular weight excluding hydrogens is 362 g/mol. The Labute approximate surface area is 150 Å². The highest BCUT2D eigenvalue weighted by molar-refractivity contribution is 7.16. The number of rotatable bonds is 6. The standard InChI is InChI=1S/C17H12F2N4O2S/c18-11-1-5-13(6-2-11)24-9-15-20-21-17-23(15)22-16(26-17)10-25-14-7-3-12(19)4-8-14/h1-8H,9-10H2. The van der Waals surface area contributed by atoms with E-state index in [4.69, 9.17) is 9.47 Å². The lowest BCUT2D eigenvalue weighted by atomic mass is 10.3. The van der Waals surface area contributed by atoms with Crippen molar-refractivity contribution >= 4 is 16.3 Å². The Balaban J connectivity index is 1.42. The second-order valence-corrected chi connectivity index (χ2v) is 6.33. The van der Waals surface area contributed by atoms with Crippen LogP contribution in [0.5, 0.6) is 11.5 Å². The minimum absolute atomic E-state index is 0.148. The second-order valence-electron chi connectivity index (χ2n) is 5.29. The van der Waals surface area contributed by atoms with Gasteiger partial charge in [0.15, 0.2) is 10.8 Å². The molecule has 0 aliphatic rings. The summed E-state index contributed by atoms with van der Waals surface area (Å²) >= 11 is 1.34. The van der Waals surface area contributed by atoms with Crippen molar-refractivity contribution in [3.63, 3.8) is 0 Å². The molecule has 2 aromatic carbocycles. The van der Waals surface area contributed by atoms with Crippen molar-refractivity contribution < 1.29 is 18.3 Å². The van der Waals surface area contributed by atoms with Gasteiger partial charge in [-0.05, 0) is 48.5 Å². The first-order chi connectivity index (χ1) is 12.7. The maximum Gasteiger partial charge on any atom is 0.234 e. The molecule has 6 nitrogen and oxygen atoms in total. The summed E-state index contributed by atoms with van der Waals surface area (Å²) in [4.78, 5) is 0.611. The molecular formula is C17H12F2N4O2S. The van der Waals surface area contributed by atoms with Gasteiger partial charge in [0.05, 0.1) is 0 Å². The second kappa shape index (κ2) is 7.04. The van der Waals surface area contributed by atoms with Gasteiger partial charge in [-0.15, -0.1) is 10.2 Å². The van der Waals surface area contributed by atoms with Crippen molar-refractivity contribution in [1.82, 2.24) is 19.8 Å². The van der Waals surface area contributed by atoms with Crippen LogP contribution in [0.2, 0.25) is 0 Å². The summed E-state index contributed by atoms with van der Waals surface area (Å²) in [6.07, 6.45) is 0. The van der Waals surface area contributed by atoms with Crippen molar-refractivity contribution in [2.75, 3.05) is 0 Å². The summed E-state index contributed by atoms with van der Waals surface area (Å²) in [6.45, 7) is 0.382. The van der Waals surface area contributed by atoms with Crippen LogP contribution in [-0.2, 0) is 13.2 Å². The van der Waals surface area contributed by atoms with Crippen LogP contribution in [-0.4, -0.2) is 19.8 Å². The number of fused-ring (bicyclic) bond motifs is 1. The van der Waals surface area contributed by atoms with Gasteiger partial charge in [0.1, 0.15) is 36.3 Å². The predicted molar refractivity (Wildman–Crippen MR) is 90.1 cm³/mol. The van der Waals surface area contributed by atoms with E-state index in [2.05, 4.69) is 15.3 Å². The van der Waals surface area contributed by atoms with Crippen LogP contribution in [0.15, 0.2) is 48.5 Å². The maximum absolute atomic E-state index is 12.9. The fourth-order valence-electron chi connectivity index (χ4n) is 2.20. The van der Waals surface area contributed by atoms with Crippen molar-refractivity contribution in [3.05, 3.63) is 71.0 Å². The number of nitrogens with zero attached hydrogens (tertiary/aromatic N) is 4. The van der Waals surface area contributed by atoms with Crippen LogP contribution >= 0.6 is 11.3 Å². The normalized spacial score (nSPS) is 11.0. The number of benzene rings is 2. The Morgan fingerprint density at radius 2 is 1.38 bits per heavy atom. The quantitative estimate of drug-likeness (QED) is 0.516. The third-order valence-electron chi connectivity index (χ3n) is 3.45. The molecule has 0 saturated heterocycles. The van der Waals surface area contributed by atoms with E-state index >= 15 is 0 Å². The fraction of sp³-hybridized carbons (Fsp3) is 0.118. The number of ether oxygens (including phenoxy) is 2. The average molecular weight is 374 g/mol. The van der Waals surface area contributed by atoms with Crippen LogP contribution in [0, 0.1) is 11.6 Å². The lowest BCUT2D eigenvalue weighted by Gasteiger charge is -2.04. The Kier molecular flexibility index (Phi) is 4.44. The summed E-state index contributed by atoms with van der Waals surface area (Å²) in [5, 5.41) is 13.2. The van der Waals surface area contributed by atoms with E-state index in [0.717, 1.165) is 0 Å². The molecule has 9 heteroatoms. The smallest absolute Gasteiger partial charge is 0.234 e. The first-order valence-electron chi connectivity index (χ1n) is 7.64. The number of halogens is 2. The Morgan fingerprint density at radius 1 is 0.808 bits per heavy atom. The molecule has 0 N–H and O–H groups in total. The third-order valence-corrected chi connectivity index (χ3v) is 4.33. The number of aromatic nitrogens is 4. The summed E-state index contributed by atoms with van der Waals surface area (Å²) in [5.41, 5.74) is 0. The van der Waals surface area contributed by atoms with Gasteiger partial charge in [-0.1, -0.05) is 11.3 Å². The van der Waals surface area contributed by atoms with Crippen molar-refractivity contribution in [2.45, 2.75) is 13.2 Å². The van der Waals surface area contributed by atoms with Gasteiger partial charge in [-0.3, -0.25) is 0 Å². The van der Waals surface area contributed by atoms with E-state index in [1.54, 1.807) is 16.6 Å². The average Bonchev–Trinajstić information content (AvgIpc) is 3.21. The minimum atomic E-state index is -0.326. The first kappa shape index (κ1) is 16.4. The largest absolute Gasteiger partial charge is 0.486 e. The lowest BCUT2D eigenvalue weighted by molar-refractivity contribution is 0.289. The van der Waals surface area contributed by atoms with Gasteiger partial charge < -0.3 is 9.47 Å². The molecule has 0 aliphatic carbocycles. The first-order valence-corrected chi connectivity index (χ1v) is 8.46. The monoisotopic (exact) mass is 374 g/mol. The zero-order chi connectivity index (χ0) is 17.9. The van der Waals surface area contributed by atoms with E-state index in [1.165, 1.54) is 47.7 Å². The Morgan fingerprint density at radius 3 is 2.00 bits per heavy atom. The molecule has 0 amide bonds. The molecule has 0 spiro atoms. The van der Waals surface area contributed by atoms with Crippen LogP contribution in [0.3, 0.4) is 0 Å². The van der Waals surface area contributed by atoms with E-state index in [0.29, 0.717) is 27.3 Å². The van der Waals surface area contributed by atoms with Crippen molar-refractivity contribution in [3.8, 4) is 11.5 Å². The van der Waals surface area contributed by atoms with Crippen LogP contribution < -0.4 is 9.47 Å². The predicted octanol–water partition coefficient (Wildman–Crippen LogP) is 3.62. The zero-order valence-corrected chi connectivity index (χ0v) is 14.1. The Bertz CT molecular complexity index is 1020. The molecule has 0 bridgehead atoms. The Hall–Kier alpha value is -3.07. The molecule has 0 radical (unpaired) electrons. The molecule has 0 aliphatic heterocycles. The van der Waals surface area contributed by atoms with Gasteiger partial charge in [-0.2, -0.15) is 9.61 Å². The van der Waals surface area contributed by atoms with E-state index < -0.39 is 0 Å². The van der Waals surface area contributed by atoms with Crippen molar-refractivity contribution in [1.29, 1.82) is 0 Å². The fourth-order valence-corrected chi connectivity index (χ4v) is 2.97. The SMILES string of the molecule is Fc1ccc(OCc2nn3c(COc4ccc(F)cc4)nnc3s2)cc1. The molecule has 26 heavy (non-hydrogen) atoms. The molecule has 4 aromatic rings. The molecule has 4 rings (SSSR count). The minimum Gasteiger partial charge on any atom is -0.486 e. The molecule has 2 heterocycles. The van der Waals surface area contributed by atoms with Gasteiger partial charge in [0.25, 0.3) is 0 Å². The van der Waals surface area contributed by atoms with Crippen LogP contribution in [0.25, 0.3) is 4.96 Å². The third kappa shape index (κ3) is 3.62. The highest BCUT2D eigenvalue weighted by atomic mass is 32.1. The molecule has 0 atom stereocenters. The van der Waals surface area contributed by atoms with Gasteiger partial charge in [-0.25, -0.2) is 8.78 Å². The molecule has 0 fully saturated rings. The maximum atomic E-state index is 12.9. The molecule has 0 saturated carbocycles. The molecule has 0 unspecified atom stereocenters. The topological polar surface area (TPSA) is 61.5 Å². The van der Waals surface area contributed by atoms with E-state index in [-0.39, 0.29) is 24.8 Å². The number of hydrogen-bond donors (Lipinski definition) is 0. The summed E-state index contributed by atoms with van der Waals surface area (Å²) in [7, 11) is 0. The molecule has 132 valence electrons. The van der Waals surface area contributed by atoms with Crippen LogP contribution in [0.1, 0.15) is 10.8 Å². The van der Waals surface area contributed by atoms with E-state index in [1.807, 2.05) is 0 Å². The highest BCUT2D eigenvalue weighted by Crippen LogP contribution is 2.19. The van der Waals surface area contributed by atoms with Crippen molar-refractivity contribution in [2.24, 2.45) is 0 Å². The molecule has 2 aromatic heterocycles. The van der Waals surface area contributed by atoms with Gasteiger partial charge in [0, 0.05) is 0 Å². The summed E-state index contributed by atoms with van der Waals surface area (Å²) in [5.74, 6) is 0.957. The highest BCUT2D eigenvalue weighted by Gasteiger charge is 2.13. The zero-order valence-electron chi connectivity index (χ0n) is 13.3. The van der Waals surface area contributed by atoms with Crippen LogP contribution in [0.4, 0.5) is 8.78 Å². The van der Waals surface area contributed by atoms with Gasteiger partial charge >= 0.3 is 0 Å². The summed E-state index contributed by atoms with van der Waals surface area (Å²) < 4.78 is 38.5. The van der Waals surface area contributed by atoms with E-state index in [9.17, 15) is 8.78 Å². The lowest BCUT2D eigenvalue weighted by Crippen LogP contribution is -2.03.